The van der Waals surface area contributed by atoms with Crippen LogP contribution in [0.1, 0.15) is 34.7 Å². The average molecular weight is 491 g/mol. The number of nitrogens with one attached hydrogen (secondary N) is 2. The second-order valence-corrected chi connectivity index (χ2v) is 9.32. The number of nitrogen functional groups attached to an aromatic ring is 1. The van der Waals surface area contributed by atoms with E-state index in [9.17, 15) is 17.4 Å². The van der Waals surface area contributed by atoms with Gasteiger partial charge in [-0.15, -0.1) is 0 Å². The fourth-order valence-electron chi connectivity index (χ4n) is 4.09. The molecule has 0 saturated carbocycles. The van der Waals surface area contributed by atoms with Crippen LogP contribution in [0.4, 0.5) is 18.9 Å². The normalized spacial score (nSPS) is 15.3. The molecule has 4 rings (SSSR count). The largest absolute Gasteiger partial charge is 0.418 e. The van der Waals surface area contributed by atoms with Crippen LogP contribution in [0, 0.1) is 5.41 Å². The van der Waals surface area contributed by atoms with E-state index in [1.54, 1.807) is 35.8 Å². The number of nitrogens with two attached hydrogens (primary N) is 1. The van der Waals surface area contributed by atoms with Gasteiger partial charge in [-0.1, -0.05) is 36.9 Å². The van der Waals surface area contributed by atoms with Gasteiger partial charge in [-0.2, -0.15) is 13.2 Å². The summed E-state index contributed by atoms with van der Waals surface area (Å²) >= 11 is 0. The molecule has 0 radical (unpaired) electrons. The molecule has 2 heterocycles. The van der Waals surface area contributed by atoms with E-state index in [0.29, 0.717) is 34.6 Å². The lowest BCUT2D eigenvalue weighted by Crippen LogP contribution is -2.19. The van der Waals surface area contributed by atoms with Crippen molar-refractivity contribution < 1.29 is 22.6 Å². The molecule has 3 aromatic rings. The first-order chi connectivity index (χ1) is 16.0. The van der Waals surface area contributed by atoms with Crippen LogP contribution in [0.2, 0.25) is 0 Å². The van der Waals surface area contributed by atoms with Crippen LogP contribution in [0.15, 0.2) is 36.9 Å². The van der Waals surface area contributed by atoms with E-state index in [-0.39, 0.29) is 33.6 Å². The van der Waals surface area contributed by atoms with E-state index in [4.69, 9.17) is 16.4 Å². The van der Waals surface area contributed by atoms with Crippen molar-refractivity contribution in [3.05, 3.63) is 64.7 Å². The highest BCUT2D eigenvalue weighted by atomic mass is 32.2. The molecule has 0 saturated heterocycles. The van der Waals surface area contributed by atoms with E-state index in [0.717, 1.165) is 11.6 Å². The van der Waals surface area contributed by atoms with Gasteiger partial charge in [0.25, 0.3) is 0 Å². The van der Waals surface area contributed by atoms with Crippen LogP contribution in [0.5, 0.6) is 0 Å². The summed E-state index contributed by atoms with van der Waals surface area (Å²) in [5, 5.41) is 15.7. The molecule has 0 amide bonds. The van der Waals surface area contributed by atoms with Crippen LogP contribution in [-0.2, 0) is 29.1 Å². The van der Waals surface area contributed by atoms with E-state index < -0.39 is 22.5 Å². The molecule has 180 valence electrons. The molecule has 0 spiro atoms. The van der Waals surface area contributed by atoms with Crippen molar-refractivity contribution in [1.29, 1.82) is 5.41 Å². The lowest BCUT2D eigenvalue weighted by molar-refractivity contribution is -0.136. The highest BCUT2D eigenvalue weighted by Crippen LogP contribution is 2.43. The number of nitrogens with zero attached hydrogens (tertiary/aromatic N) is 1. The van der Waals surface area contributed by atoms with E-state index >= 15 is 0 Å². The Hall–Kier alpha value is -3.08. The molecule has 1 unspecified atom stereocenters. The number of halogens is 3. The topological polar surface area (TPSA) is 112 Å². The smallest absolute Gasteiger partial charge is 0.398 e. The summed E-state index contributed by atoms with van der Waals surface area (Å²) in [6.07, 6.45) is -2.66. The van der Waals surface area contributed by atoms with E-state index in [2.05, 4.69) is 11.6 Å². The summed E-state index contributed by atoms with van der Waals surface area (Å²) in [6, 6.07) is 8.02. The van der Waals surface area contributed by atoms with Gasteiger partial charge < -0.3 is 16.4 Å². The Morgan fingerprint density at radius 2 is 1.91 bits per heavy atom. The first-order valence-electron chi connectivity index (χ1n) is 10.3. The number of aromatic nitrogens is 1. The van der Waals surface area contributed by atoms with Crippen molar-refractivity contribution in [2.45, 2.75) is 25.3 Å². The molecule has 1 aliphatic rings. The maximum atomic E-state index is 13.9. The van der Waals surface area contributed by atoms with Gasteiger partial charge >= 0.3 is 6.18 Å². The Kier molecular flexibility index (Phi) is 7.54. The van der Waals surface area contributed by atoms with Crippen LogP contribution in [-0.4, -0.2) is 32.9 Å². The molecule has 6 nitrogen and oxygen atoms in total. The van der Waals surface area contributed by atoms with Gasteiger partial charge in [-0.3, -0.25) is 4.21 Å². The number of hydrogen-bond acceptors (Lipinski definition) is 6. The fourth-order valence-corrected chi connectivity index (χ4v) is 5.30. The zero-order valence-corrected chi connectivity index (χ0v) is 19.5. The maximum Gasteiger partial charge on any atom is 0.418 e. The molecular formula is C24H25F3N4O2S. The summed E-state index contributed by atoms with van der Waals surface area (Å²) in [5.74, 6) is 0.539. The number of alkyl halides is 3. The van der Waals surface area contributed by atoms with Crippen LogP contribution in [0.25, 0.3) is 28.2 Å². The molecule has 5 N–H and O–H groups in total. The summed E-state index contributed by atoms with van der Waals surface area (Å²) in [5.41, 5.74) is 10.00. The second-order valence-electron chi connectivity index (χ2n) is 7.74. The number of rotatable bonds is 3. The highest BCUT2D eigenvalue weighted by molar-refractivity contribution is 7.84. The predicted molar refractivity (Wildman–Crippen MR) is 130 cm³/mol. The van der Waals surface area contributed by atoms with Crippen molar-refractivity contribution in [1.82, 2.24) is 10.5 Å². The SMILES string of the molecule is C=Cc1ccc(-c2nc3c(C(F)(F)F)cc(N)c(C(C)=N)c3c3c2CS(=O)CC3)cc1.CNO. The molecule has 1 aromatic heterocycles. The number of pyridine rings is 1. The van der Waals surface area contributed by atoms with Crippen molar-refractivity contribution in [3.8, 4) is 11.3 Å². The number of hydroxylamine groups is 1. The molecule has 10 heteroatoms. The van der Waals surface area contributed by atoms with Gasteiger partial charge in [0.05, 0.1) is 22.5 Å². The van der Waals surface area contributed by atoms with Crippen LogP contribution >= 0.6 is 0 Å². The third-order valence-electron chi connectivity index (χ3n) is 5.49. The second kappa shape index (κ2) is 10.0. The molecule has 0 aliphatic carbocycles. The molecule has 0 fully saturated rings. The predicted octanol–water partition coefficient (Wildman–Crippen LogP) is 4.93. The van der Waals surface area contributed by atoms with Crippen molar-refractivity contribution in [3.63, 3.8) is 0 Å². The Labute approximate surface area is 197 Å². The number of aryl methyl sites for hydroxylation is 1. The van der Waals surface area contributed by atoms with Crippen LogP contribution < -0.4 is 11.2 Å². The van der Waals surface area contributed by atoms with Crippen molar-refractivity contribution >= 4 is 39.2 Å². The lowest BCUT2D eigenvalue weighted by atomic mass is 9.89. The first kappa shape index (κ1) is 25.5. The van der Waals surface area contributed by atoms with Crippen molar-refractivity contribution in [2.75, 3.05) is 18.5 Å². The zero-order valence-electron chi connectivity index (χ0n) is 18.7. The quantitative estimate of drug-likeness (QED) is 0.236. The van der Waals surface area contributed by atoms with Gasteiger partial charge in [-0.05, 0) is 36.1 Å². The monoisotopic (exact) mass is 490 g/mol. The Morgan fingerprint density at radius 3 is 2.44 bits per heavy atom. The molecule has 1 atom stereocenters. The minimum Gasteiger partial charge on any atom is -0.398 e. The first-order valence-corrected chi connectivity index (χ1v) is 11.8. The number of fused-ring (bicyclic) bond motifs is 3. The lowest BCUT2D eigenvalue weighted by Gasteiger charge is -2.25. The summed E-state index contributed by atoms with van der Waals surface area (Å²) in [7, 11) is 0.288. The summed E-state index contributed by atoms with van der Waals surface area (Å²) < 4.78 is 54.2. The summed E-state index contributed by atoms with van der Waals surface area (Å²) in [4.78, 5) is 4.47. The van der Waals surface area contributed by atoms with E-state index in [1.807, 2.05) is 0 Å². The van der Waals surface area contributed by atoms with Gasteiger partial charge in [0.1, 0.15) is 0 Å². The van der Waals surface area contributed by atoms with Gasteiger partial charge in [0, 0.05) is 51.5 Å². The minimum atomic E-state index is -4.66. The van der Waals surface area contributed by atoms with Gasteiger partial charge in [0.2, 0.25) is 0 Å². The minimum absolute atomic E-state index is 0.0648. The molecule has 0 bridgehead atoms. The molecular weight excluding hydrogens is 465 g/mol. The Balaban J connectivity index is 0.00000103. The Morgan fingerprint density at radius 1 is 1.29 bits per heavy atom. The Bertz CT molecular complexity index is 1290. The third-order valence-corrected chi connectivity index (χ3v) is 6.76. The van der Waals surface area contributed by atoms with Crippen molar-refractivity contribution in [2.24, 2.45) is 0 Å². The fraction of sp³-hybridized carbons (Fsp3) is 0.250. The molecule has 2 aromatic carbocycles. The number of anilines is 1. The van der Waals surface area contributed by atoms with Gasteiger partial charge in [-0.25, -0.2) is 10.5 Å². The molecule has 1 aliphatic heterocycles. The summed E-state index contributed by atoms with van der Waals surface area (Å²) in [6.45, 7) is 5.21. The standard InChI is InChI=1S/C23H20F3N3OS.CH5NO/c1-3-13-4-6-14(7-5-13)21-16-11-31(30)9-8-15(16)20-19(12(2)27)18(28)10-17(22(20)29-21)23(24,25)26;1-2-3/h3-7,10,27H,1,8-9,11,28H2,2H3;2-3H,1H3. The maximum absolute atomic E-state index is 13.9. The highest BCUT2D eigenvalue weighted by Gasteiger charge is 2.37. The zero-order chi connectivity index (χ0) is 25.2. The number of benzene rings is 2. The average Bonchev–Trinajstić information content (AvgIpc) is 2.77. The van der Waals surface area contributed by atoms with E-state index in [1.165, 1.54) is 14.0 Å². The third kappa shape index (κ3) is 4.89. The number of hydrogen-bond donors (Lipinski definition) is 4. The van der Waals surface area contributed by atoms with Gasteiger partial charge in [0.15, 0.2) is 0 Å². The molecule has 34 heavy (non-hydrogen) atoms. The van der Waals surface area contributed by atoms with Crippen LogP contribution in [0.3, 0.4) is 0 Å².